The van der Waals surface area contributed by atoms with Crippen LogP contribution < -0.4 is 15.5 Å². The Balaban J connectivity index is 1.40. The van der Waals surface area contributed by atoms with E-state index in [1.165, 1.54) is 30.5 Å². The van der Waals surface area contributed by atoms with Gasteiger partial charge in [-0.3, -0.25) is 9.48 Å². The lowest BCUT2D eigenvalue weighted by Gasteiger charge is -2.27. The van der Waals surface area contributed by atoms with Gasteiger partial charge in [0.2, 0.25) is 5.82 Å². The summed E-state index contributed by atoms with van der Waals surface area (Å²) in [7, 11) is 1.60. The third-order valence-corrected chi connectivity index (χ3v) is 6.43. The third kappa shape index (κ3) is 3.85. The Hall–Kier alpha value is -2.48. The molecule has 2 aromatic rings. The summed E-state index contributed by atoms with van der Waals surface area (Å²) in [4.78, 5) is 23.1. The summed E-state index contributed by atoms with van der Waals surface area (Å²) in [5.74, 6) is 0.859. The number of carbonyl (C=O) groups excluding carboxylic acids is 1. The molecule has 1 amide bonds. The fourth-order valence-corrected chi connectivity index (χ4v) is 4.14. The standard InChI is InChI=1S/C21H31N7O/c1-13-14(2)25-19(21(29)22-4)26-20(13)27-9-8-17(12-27)23-10-16-11-24-28(15(16)3)18-6-5-7-18/h11,17-18,23H,5-10,12H2,1-4H3,(H,22,29)/t17-/m1/s1. The predicted molar refractivity (Wildman–Crippen MR) is 112 cm³/mol. The van der Waals surface area contributed by atoms with Gasteiger partial charge in [-0.05, 0) is 46.5 Å². The fourth-order valence-electron chi connectivity index (χ4n) is 4.14. The first-order valence-corrected chi connectivity index (χ1v) is 10.6. The molecule has 8 heteroatoms. The molecule has 1 atom stereocenters. The average molecular weight is 398 g/mol. The number of aromatic nitrogens is 4. The van der Waals surface area contributed by atoms with Gasteiger partial charge in [0.1, 0.15) is 5.82 Å². The highest BCUT2D eigenvalue weighted by molar-refractivity contribution is 5.90. The molecular formula is C21H31N7O. The first kappa shape index (κ1) is 19.8. The Morgan fingerprint density at radius 2 is 2.00 bits per heavy atom. The molecule has 2 fully saturated rings. The van der Waals surface area contributed by atoms with Crippen LogP contribution in [0.25, 0.3) is 0 Å². The number of carbonyl (C=O) groups is 1. The Morgan fingerprint density at radius 3 is 2.69 bits per heavy atom. The van der Waals surface area contributed by atoms with Crippen molar-refractivity contribution < 1.29 is 4.79 Å². The molecule has 0 radical (unpaired) electrons. The summed E-state index contributed by atoms with van der Waals surface area (Å²) in [5.41, 5.74) is 4.46. The first-order valence-electron chi connectivity index (χ1n) is 10.6. The number of amides is 1. The van der Waals surface area contributed by atoms with Crippen LogP contribution in [0.3, 0.4) is 0 Å². The van der Waals surface area contributed by atoms with E-state index in [1.807, 2.05) is 20.0 Å². The maximum Gasteiger partial charge on any atom is 0.288 e. The monoisotopic (exact) mass is 397 g/mol. The lowest BCUT2D eigenvalue weighted by molar-refractivity contribution is 0.0952. The highest BCUT2D eigenvalue weighted by Crippen LogP contribution is 2.32. The third-order valence-electron chi connectivity index (χ3n) is 6.43. The number of rotatable bonds is 6. The van der Waals surface area contributed by atoms with Crippen LogP contribution >= 0.6 is 0 Å². The molecule has 0 unspecified atom stereocenters. The van der Waals surface area contributed by atoms with Gasteiger partial charge in [0.15, 0.2) is 0 Å². The largest absolute Gasteiger partial charge is 0.355 e. The van der Waals surface area contributed by atoms with Gasteiger partial charge in [0.25, 0.3) is 5.91 Å². The van der Waals surface area contributed by atoms with Crippen LogP contribution in [-0.4, -0.2) is 51.8 Å². The molecule has 0 aromatic carbocycles. The summed E-state index contributed by atoms with van der Waals surface area (Å²) < 4.78 is 2.20. The molecule has 8 nitrogen and oxygen atoms in total. The number of anilines is 1. The zero-order valence-electron chi connectivity index (χ0n) is 17.8. The number of nitrogens with zero attached hydrogens (tertiary/aromatic N) is 5. The van der Waals surface area contributed by atoms with E-state index in [0.29, 0.717) is 12.1 Å². The Morgan fingerprint density at radius 1 is 1.21 bits per heavy atom. The topological polar surface area (TPSA) is 88.0 Å². The Labute approximate surface area is 172 Å². The van der Waals surface area contributed by atoms with E-state index in [2.05, 4.69) is 42.2 Å². The van der Waals surface area contributed by atoms with Crippen LogP contribution in [0.1, 0.15) is 64.9 Å². The van der Waals surface area contributed by atoms with Crippen LogP contribution in [0.4, 0.5) is 5.82 Å². The Kier molecular flexibility index (Phi) is 5.54. The van der Waals surface area contributed by atoms with Crippen LogP contribution in [0, 0.1) is 20.8 Å². The van der Waals surface area contributed by atoms with Gasteiger partial charge in [-0.1, -0.05) is 0 Å². The molecule has 1 aliphatic heterocycles. The van der Waals surface area contributed by atoms with E-state index in [1.54, 1.807) is 7.05 Å². The maximum atomic E-state index is 12.0. The molecule has 0 bridgehead atoms. The van der Waals surface area contributed by atoms with E-state index < -0.39 is 0 Å². The number of hydrogen-bond acceptors (Lipinski definition) is 6. The van der Waals surface area contributed by atoms with Crippen molar-refractivity contribution in [3.8, 4) is 0 Å². The van der Waals surface area contributed by atoms with E-state index in [9.17, 15) is 4.79 Å². The zero-order valence-corrected chi connectivity index (χ0v) is 17.8. The normalized spacial score (nSPS) is 19.4. The first-order chi connectivity index (χ1) is 14.0. The molecule has 2 aliphatic rings. The van der Waals surface area contributed by atoms with Gasteiger partial charge in [-0.15, -0.1) is 0 Å². The molecule has 3 heterocycles. The molecule has 0 spiro atoms. The second-order valence-electron chi connectivity index (χ2n) is 8.26. The number of nitrogens with one attached hydrogen (secondary N) is 2. The summed E-state index contributed by atoms with van der Waals surface area (Å²) >= 11 is 0. The second-order valence-corrected chi connectivity index (χ2v) is 8.26. The molecule has 2 N–H and O–H groups in total. The number of aryl methyl sites for hydroxylation is 1. The minimum Gasteiger partial charge on any atom is -0.355 e. The van der Waals surface area contributed by atoms with E-state index in [4.69, 9.17) is 0 Å². The van der Waals surface area contributed by atoms with Gasteiger partial charge < -0.3 is 15.5 Å². The van der Waals surface area contributed by atoms with Gasteiger partial charge in [0.05, 0.1) is 12.2 Å². The van der Waals surface area contributed by atoms with Crippen molar-refractivity contribution in [3.63, 3.8) is 0 Å². The molecule has 29 heavy (non-hydrogen) atoms. The summed E-state index contributed by atoms with van der Waals surface area (Å²) in [6.07, 6.45) is 6.89. The lowest BCUT2D eigenvalue weighted by Crippen LogP contribution is -2.33. The van der Waals surface area contributed by atoms with Crippen molar-refractivity contribution in [3.05, 3.63) is 34.5 Å². The zero-order chi connectivity index (χ0) is 20.5. The van der Waals surface area contributed by atoms with Crippen molar-refractivity contribution in [1.29, 1.82) is 0 Å². The van der Waals surface area contributed by atoms with Crippen LogP contribution in [-0.2, 0) is 6.54 Å². The maximum absolute atomic E-state index is 12.0. The molecule has 4 rings (SSSR count). The van der Waals surface area contributed by atoms with Gasteiger partial charge in [-0.2, -0.15) is 5.10 Å². The highest BCUT2D eigenvalue weighted by Gasteiger charge is 2.27. The summed E-state index contributed by atoms with van der Waals surface area (Å²) in [6, 6.07) is 0.990. The molecule has 156 valence electrons. The molecular weight excluding hydrogens is 366 g/mol. The summed E-state index contributed by atoms with van der Waals surface area (Å²) in [6.45, 7) is 8.76. The van der Waals surface area contributed by atoms with Crippen molar-refractivity contribution in [2.75, 3.05) is 25.0 Å². The average Bonchev–Trinajstić information content (AvgIpc) is 3.28. The smallest absolute Gasteiger partial charge is 0.288 e. The van der Waals surface area contributed by atoms with E-state index in [0.717, 1.165) is 43.1 Å². The SMILES string of the molecule is CNC(=O)c1nc(C)c(C)c(N2CC[C@@H](NCc3cnn(C4CCC4)c3C)C2)n1. The minimum atomic E-state index is -0.248. The number of hydrogen-bond donors (Lipinski definition) is 2. The minimum absolute atomic E-state index is 0.237. The van der Waals surface area contributed by atoms with Gasteiger partial charge in [0, 0.05) is 55.2 Å². The van der Waals surface area contributed by atoms with Crippen LogP contribution in [0.15, 0.2) is 6.20 Å². The van der Waals surface area contributed by atoms with Crippen molar-refractivity contribution >= 4 is 11.7 Å². The quantitative estimate of drug-likeness (QED) is 0.776. The highest BCUT2D eigenvalue weighted by atomic mass is 16.2. The molecule has 1 saturated carbocycles. The van der Waals surface area contributed by atoms with Gasteiger partial charge >= 0.3 is 0 Å². The van der Waals surface area contributed by atoms with Gasteiger partial charge in [-0.25, -0.2) is 9.97 Å². The van der Waals surface area contributed by atoms with Crippen molar-refractivity contribution in [1.82, 2.24) is 30.4 Å². The van der Waals surface area contributed by atoms with Crippen LogP contribution in [0.2, 0.25) is 0 Å². The molecule has 2 aromatic heterocycles. The second kappa shape index (κ2) is 8.10. The van der Waals surface area contributed by atoms with Crippen molar-refractivity contribution in [2.45, 2.75) is 65.1 Å². The van der Waals surface area contributed by atoms with Crippen LogP contribution in [0.5, 0.6) is 0 Å². The lowest BCUT2D eigenvalue weighted by atomic mass is 9.93. The molecule has 1 saturated heterocycles. The fraction of sp³-hybridized carbons (Fsp3) is 0.619. The summed E-state index contributed by atoms with van der Waals surface area (Å²) in [5, 5.41) is 10.9. The van der Waals surface area contributed by atoms with E-state index >= 15 is 0 Å². The predicted octanol–water partition coefficient (Wildman–Crippen LogP) is 2.05. The van der Waals surface area contributed by atoms with Crippen molar-refractivity contribution in [2.24, 2.45) is 0 Å². The Bertz CT molecular complexity index is 903. The molecule has 1 aliphatic carbocycles. The van der Waals surface area contributed by atoms with E-state index in [-0.39, 0.29) is 11.7 Å².